The molecule has 104 valence electrons. The molecule has 1 aromatic carbocycles. The Hall–Kier alpha value is -2.34. The van der Waals surface area contributed by atoms with Crippen molar-refractivity contribution in [3.63, 3.8) is 0 Å². The van der Waals surface area contributed by atoms with Crippen LogP contribution in [0.15, 0.2) is 30.3 Å². The van der Waals surface area contributed by atoms with E-state index in [0.29, 0.717) is 16.3 Å². The maximum absolute atomic E-state index is 12.1. The van der Waals surface area contributed by atoms with Crippen LogP contribution in [-0.2, 0) is 0 Å². The molecule has 2 aromatic rings. The summed E-state index contributed by atoms with van der Waals surface area (Å²) in [5, 5.41) is 12.0. The quantitative estimate of drug-likeness (QED) is 0.908. The molecule has 5 nitrogen and oxygen atoms in total. The molecule has 0 aliphatic carbocycles. The number of ether oxygens (including phenoxy) is 1. The van der Waals surface area contributed by atoms with Crippen LogP contribution >= 0.6 is 11.3 Å². The van der Waals surface area contributed by atoms with Gasteiger partial charge in [0.05, 0.1) is 12.7 Å². The molecule has 0 atom stereocenters. The highest BCUT2D eigenvalue weighted by atomic mass is 32.1. The zero-order valence-electron chi connectivity index (χ0n) is 11.0. The van der Waals surface area contributed by atoms with Gasteiger partial charge in [-0.1, -0.05) is 6.07 Å². The molecule has 0 unspecified atom stereocenters. The molecule has 1 amide bonds. The number of aryl methyl sites for hydroxylation is 1. The van der Waals surface area contributed by atoms with Crippen molar-refractivity contribution in [1.82, 2.24) is 0 Å². The van der Waals surface area contributed by atoms with E-state index in [2.05, 4.69) is 5.32 Å². The molecule has 0 saturated carbocycles. The fraction of sp³-hybridized carbons (Fsp3) is 0.143. The van der Waals surface area contributed by atoms with Gasteiger partial charge in [-0.05, 0) is 31.2 Å². The number of benzene rings is 1. The van der Waals surface area contributed by atoms with Gasteiger partial charge in [0.15, 0.2) is 0 Å². The molecule has 0 aliphatic rings. The van der Waals surface area contributed by atoms with Crippen LogP contribution in [0.5, 0.6) is 5.75 Å². The Labute approximate surface area is 119 Å². The third-order valence-corrected chi connectivity index (χ3v) is 3.61. The molecule has 20 heavy (non-hydrogen) atoms. The van der Waals surface area contributed by atoms with Crippen molar-refractivity contribution in [1.29, 1.82) is 0 Å². The standard InChI is InChI=1S/C14H13NO4S/c1-8-6-11(14(17)18)13(20-8)15-12(16)9-4-3-5-10(7-9)19-2/h3-7H,1-2H3,(H,15,16)(H,17,18). The fourth-order valence-electron chi connectivity index (χ4n) is 1.71. The van der Waals surface area contributed by atoms with Gasteiger partial charge in [-0.15, -0.1) is 11.3 Å². The predicted octanol–water partition coefficient (Wildman–Crippen LogP) is 3.02. The Bertz CT molecular complexity index is 663. The van der Waals surface area contributed by atoms with Gasteiger partial charge in [-0.2, -0.15) is 0 Å². The Balaban J connectivity index is 2.25. The number of methoxy groups -OCH3 is 1. The summed E-state index contributed by atoms with van der Waals surface area (Å²) >= 11 is 1.23. The van der Waals surface area contributed by atoms with Gasteiger partial charge < -0.3 is 15.2 Å². The van der Waals surface area contributed by atoms with Crippen LogP contribution in [0.2, 0.25) is 0 Å². The molecule has 0 saturated heterocycles. The van der Waals surface area contributed by atoms with E-state index in [4.69, 9.17) is 9.84 Å². The number of aromatic carboxylic acids is 1. The third-order valence-electron chi connectivity index (χ3n) is 2.64. The highest BCUT2D eigenvalue weighted by Crippen LogP contribution is 2.28. The summed E-state index contributed by atoms with van der Waals surface area (Å²) in [6, 6.07) is 8.20. The lowest BCUT2D eigenvalue weighted by Gasteiger charge is -2.06. The maximum atomic E-state index is 12.1. The molecular weight excluding hydrogens is 278 g/mol. The van der Waals surface area contributed by atoms with Crippen LogP contribution < -0.4 is 10.1 Å². The summed E-state index contributed by atoms with van der Waals surface area (Å²) < 4.78 is 5.05. The van der Waals surface area contributed by atoms with Crippen LogP contribution in [0, 0.1) is 6.92 Å². The molecule has 0 spiro atoms. The summed E-state index contributed by atoms with van der Waals surface area (Å²) in [5.41, 5.74) is 0.510. The van der Waals surface area contributed by atoms with E-state index < -0.39 is 5.97 Å². The first-order valence-electron chi connectivity index (χ1n) is 5.80. The van der Waals surface area contributed by atoms with E-state index in [1.54, 1.807) is 31.2 Å². The first-order chi connectivity index (χ1) is 9.51. The predicted molar refractivity (Wildman–Crippen MR) is 77.0 cm³/mol. The minimum absolute atomic E-state index is 0.101. The molecule has 0 bridgehead atoms. The van der Waals surface area contributed by atoms with Crippen LogP contribution in [0.3, 0.4) is 0 Å². The first-order valence-corrected chi connectivity index (χ1v) is 6.62. The molecule has 1 aromatic heterocycles. The molecule has 2 rings (SSSR count). The van der Waals surface area contributed by atoms with Crippen molar-refractivity contribution in [3.8, 4) is 5.75 Å². The van der Waals surface area contributed by atoms with Gasteiger partial charge >= 0.3 is 5.97 Å². The Morgan fingerprint density at radius 1 is 1.30 bits per heavy atom. The zero-order valence-corrected chi connectivity index (χ0v) is 11.8. The van der Waals surface area contributed by atoms with Gasteiger partial charge in [0.25, 0.3) is 5.91 Å². The van der Waals surface area contributed by atoms with E-state index >= 15 is 0 Å². The van der Waals surface area contributed by atoms with Crippen LogP contribution in [0.4, 0.5) is 5.00 Å². The second-order valence-corrected chi connectivity index (χ2v) is 5.35. The lowest BCUT2D eigenvalue weighted by Crippen LogP contribution is -2.13. The van der Waals surface area contributed by atoms with E-state index in [9.17, 15) is 9.59 Å². The molecule has 2 N–H and O–H groups in total. The number of carbonyl (C=O) groups is 2. The van der Waals surface area contributed by atoms with E-state index in [1.165, 1.54) is 24.5 Å². The number of hydrogen-bond acceptors (Lipinski definition) is 4. The van der Waals surface area contributed by atoms with E-state index in [-0.39, 0.29) is 11.5 Å². The number of anilines is 1. The van der Waals surface area contributed by atoms with Gasteiger partial charge in [0.2, 0.25) is 0 Å². The maximum Gasteiger partial charge on any atom is 0.338 e. The normalized spacial score (nSPS) is 10.1. The Kier molecular flexibility index (Phi) is 4.05. The van der Waals surface area contributed by atoms with Crippen molar-refractivity contribution in [2.75, 3.05) is 12.4 Å². The molecule has 0 aliphatic heterocycles. The van der Waals surface area contributed by atoms with Crippen LogP contribution in [-0.4, -0.2) is 24.1 Å². The number of carboxylic acids is 1. The minimum atomic E-state index is -1.06. The van der Waals surface area contributed by atoms with Crippen molar-refractivity contribution in [3.05, 3.63) is 46.3 Å². The Morgan fingerprint density at radius 2 is 2.05 bits per heavy atom. The monoisotopic (exact) mass is 291 g/mol. The first kappa shape index (κ1) is 14.1. The van der Waals surface area contributed by atoms with Crippen LogP contribution in [0.1, 0.15) is 25.6 Å². The highest BCUT2D eigenvalue weighted by molar-refractivity contribution is 7.16. The number of carbonyl (C=O) groups excluding carboxylic acids is 1. The van der Waals surface area contributed by atoms with Crippen LogP contribution in [0.25, 0.3) is 0 Å². The molecular formula is C14H13NO4S. The number of amides is 1. The van der Waals surface area contributed by atoms with Crippen molar-refractivity contribution in [2.45, 2.75) is 6.92 Å². The van der Waals surface area contributed by atoms with Crippen molar-refractivity contribution >= 4 is 28.2 Å². The summed E-state index contributed by atoms with van der Waals surface area (Å²) in [6.45, 7) is 1.79. The summed E-state index contributed by atoms with van der Waals surface area (Å²) in [5.74, 6) is -0.859. The molecule has 0 radical (unpaired) electrons. The van der Waals surface area contributed by atoms with Gasteiger partial charge in [0.1, 0.15) is 10.8 Å². The van der Waals surface area contributed by atoms with E-state index in [0.717, 1.165) is 4.88 Å². The number of nitrogens with one attached hydrogen (secondary N) is 1. The second-order valence-electron chi connectivity index (χ2n) is 4.09. The molecule has 1 heterocycles. The van der Waals surface area contributed by atoms with Crippen molar-refractivity contribution in [2.24, 2.45) is 0 Å². The zero-order chi connectivity index (χ0) is 14.7. The second kappa shape index (κ2) is 5.75. The van der Waals surface area contributed by atoms with Crippen molar-refractivity contribution < 1.29 is 19.4 Å². The topological polar surface area (TPSA) is 75.6 Å². The SMILES string of the molecule is COc1cccc(C(=O)Nc2sc(C)cc2C(=O)O)c1. The summed E-state index contributed by atoms with van der Waals surface area (Å²) in [7, 11) is 1.52. The fourth-order valence-corrected chi connectivity index (χ4v) is 2.60. The molecule has 6 heteroatoms. The third kappa shape index (κ3) is 2.97. The summed E-state index contributed by atoms with van der Waals surface area (Å²) in [4.78, 5) is 24.0. The smallest absolute Gasteiger partial charge is 0.338 e. The number of rotatable bonds is 4. The van der Waals surface area contributed by atoms with Gasteiger partial charge in [0, 0.05) is 10.4 Å². The molecule has 0 fully saturated rings. The van der Waals surface area contributed by atoms with E-state index in [1.807, 2.05) is 0 Å². The number of carboxylic acid groups (broad SMARTS) is 1. The summed E-state index contributed by atoms with van der Waals surface area (Å²) in [6.07, 6.45) is 0. The van der Waals surface area contributed by atoms with Gasteiger partial charge in [-0.25, -0.2) is 4.79 Å². The number of hydrogen-bond donors (Lipinski definition) is 2. The minimum Gasteiger partial charge on any atom is -0.497 e. The lowest BCUT2D eigenvalue weighted by molar-refractivity contribution is 0.0698. The Morgan fingerprint density at radius 3 is 2.70 bits per heavy atom. The average Bonchev–Trinajstić information content (AvgIpc) is 2.80. The number of thiophene rings is 1. The highest BCUT2D eigenvalue weighted by Gasteiger charge is 2.16. The van der Waals surface area contributed by atoms with Gasteiger partial charge in [-0.3, -0.25) is 4.79 Å². The largest absolute Gasteiger partial charge is 0.497 e. The average molecular weight is 291 g/mol. The lowest BCUT2D eigenvalue weighted by atomic mass is 10.2.